The first kappa shape index (κ1) is 54.0. The Bertz CT molecular complexity index is 1350. The summed E-state index contributed by atoms with van der Waals surface area (Å²) in [5.74, 6) is -3.31. The zero-order valence-corrected chi connectivity index (χ0v) is 36.4. The number of esters is 2. The van der Waals surface area contributed by atoms with Gasteiger partial charge in [0.15, 0.2) is 6.10 Å². The minimum Gasteiger partial charge on any atom is -0.480 e. The zero-order chi connectivity index (χ0) is 43.7. The van der Waals surface area contributed by atoms with Crippen LogP contribution >= 0.6 is 7.82 Å². The average molecular weight is 856 g/mol. The van der Waals surface area contributed by atoms with Crippen LogP contribution in [-0.4, -0.2) is 88.1 Å². The van der Waals surface area contributed by atoms with Gasteiger partial charge >= 0.3 is 25.7 Å². The Labute approximate surface area is 352 Å². The lowest BCUT2D eigenvalue weighted by Crippen LogP contribution is -2.34. The Morgan fingerprint density at radius 3 is 2.03 bits per heavy atom. The van der Waals surface area contributed by atoms with Gasteiger partial charge in [0.2, 0.25) is 0 Å². The number of aliphatic hydroxyl groups excluding tert-OH is 2. The van der Waals surface area contributed by atoms with Gasteiger partial charge in [0.25, 0.3) is 0 Å². The first-order valence-electron chi connectivity index (χ1n) is 21.8. The molecule has 1 fully saturated rings. The minimum absolute atomic E-state index is 0.0104. The summed E-state index contributed by atoms with van der Waals surface area (Å²) >= 11 is 0. The molecule has 0 radical (unpaired) electrons. The number of carbonyl (C=O) groups is 4. The molecule has 59 heavy (non-hydrogen) atoms. The number of phosphoric acid groups is 1. The fourth-order valence-corrected chi connectivity index (χ4v) is 7.22. The van der Waals surface area contributed by atoms with Crippen LogP contribution < -0.4 is 5.73 Å². The molecule has 0 saturated heterocycles. The van der Waals surface area contributed by atoms with E-state index < -0.39 is 75.8 Å². The molecule has 7 atom stereocenters. The smallest absolute Gasteiger partial charge is 0.472 e. The molecule has 1 saturated carbocycles. The Balaban J connectivity index is 2.52. The second-order valence-electron chi connectivity index (χ2n) is 15.3. The van der Waals surface area contributed by atoms with E-state index in [9.17, 15) is 38.8 Å². The van der Waals surface area contributed by atoms with Crippen molar-refractivity contribution in [1.82, 2.24) is 0 Å². The molecule has 0 bridgehead atoms. The lowest BCUT2D eigenvalue weighted by Gasteiger charge is -2.20. The van der Waals surface area contributed by atoms with Crippen LogP contribution in [-0.2, 0) is 42.3 Å². The second kappa shape index (κ2) is 33.7. The molecule has 15 heteroatoms. The highest BCUT2D eigenvalue weighted by molar-refractivity contribution is 7.47. The van der Waals surface area contributed by atoms with Crippen molar-refractivity contribution in [3.63, 3.8) is 0 Å². The van der Waals surface area contributed by atoms with E-state index in [1.54, 1.807) is 12.2 Å². The highest BCUT2D eigenvalue weighted by Gasteiger charge is 2.39. The number of ketones is 1. The van der Waals surface area contributed by atoms with Crippen LogP contribution in [0.2, 0.25) is 0 Å². The Morgan fingerprint density at radius 1 is 0.797 bits per heavy atom. The van der Waals surface area contributed by atoms with Crippen molar-refractivity contribution in [2.24, 2.45) is 17.6 Å². The number of aliphatic carboxylic acids is 1. The average Bonchev–Trinajstić information content (AvgIpc) is 3.47. The third-order valence-corrected chi connectivity index (χ3v) is 10.9. The second-order valence-corrected chi connectivity index (χ2v) is 16.7. The van der Waals surface area contributed by atoms with Crippen molar-refractivity contribution in [1.29, 1.82) is 0 Å². The maximum atomic E-state index is 12.7. The van der Waals surface area contributed by atoms with Crippen molar-refractivity contribution in [2.45, 2.75) is 173 Å². The first-order valence-corrected chi connectivity index (χ1v) is 23.3. The van der Waals surface area contributed by atoms with Gasteiger partial charge in [0.05, 0.1) is 25.4 Å². The summed E-state index contributed by atoms with van der Waals surface area (Å²) in [5, 5.41) is 29.7. The molecule has 0 spiro atoms. The number of hydrogen-bond acceptors (Lipinski definition) is 12. The summed E-state index contributed by atoms with van der Waals surface area (Å²) in [6.07, 6.45) is 29.5. The fourth-order valence-electron chi connectivity index (χ4n) is 6.45. The predicted octanol–water partition coefficient (Wildman–Crippen LogP) is 7.98. The van der Waals surface area contributed by atoms with E-state index in [1.165, 1.54) is 19.3 Å². The molecule has 1 unspecified atom stereocenters. The van der Waals surface area contributed by atoms with Gasteiger partial charge in [0, 0.05) is 25.2 Å². The zero-order valence-electron chi connectivity index (χ0n) is 35.5. The number of carboxylic acid groups (broad SMARTS) is 1. The van der Waals surface area contributed by atoms with Gasteiger partial charge in [-0.3, -0.25) is 28.2 Å². The van der Waals surface area contributed by atoms with E-state index in [0.717, 1.165) is 64.2 Å². The number of carbonyl (C=O) groups excluding carboxylic acids is 3. The third-order valence-electron chi connectivity index (χ3n) is 9.96. The van der Waals surface area contributed by atoms with Crippen molar-refractivity contribution in [3.8, 4) is 0 Å². The van der Waals surface area contributed by atoms with Crippen molar-refractivity contribution >= 4 is 31.5 Å². The molecule has 0 aliphatic heterocycles. The SMILES string of the molecule is CCCCC/C=C\C/C=C\C/C=C\CCCCC(=O)OC[C@H](COP(=O)(O)OC[C@H](N)C(=O)O)OC(=O)CCCCCC[C@H]1[C@@H](O)CC(=O)[C@@H]1/C=C/[C@@H](O)CCCCC. The molecule has 338 valence electrons. The highest BCUT2D eigenvalue weighted by atomic mass is 31.2. The van der Waals surface area contributed by atoms with E-state index in [0.29, 0.717) is 32.1 Å². The normalized spacial score (nSPS) is 19.8. The van der Waals surface area contributed by atoms with Crippen LogP contribution in [0.15, 0.2) is 48.6 Å². The molecule has 0 heterocycles. The van der Waals surface area contributed by atoms with Crippen LogP contribution in [0.5, 0.6) is 0 Å². The molecule has 0 amide bonds. The molecule has 1 aliphatic rings. The van der Waals surface area contributed by atoms with Crippen LogP contribution in [0.25, 0.3) is 0 Å². The monoisotopic (exact) mass is 855 g/mol. The number of unbranched alkanes of at least 4 members (excludes halogenated alkanes) is 10. The lowest BCUT2D eigenvalue weighted by molar-refractivity contribution is -0.161. The summed E-state index contributed by atoms with van der Waals surface area (Å²) in [6.45, 7) is 2.38. The number of phosphoric ester groups is 1. The highest BCUT2D eigenvalue weighted by Crippen LogP contribution is 2.43. The minimum atomic E-state index is -4.79. The van der Waals surface area contributed by atoms with Crippen LogP contribution in [0.1, 0.15) is 149 Å². The van der Waals surface area contributed by atoms with Crippen molar-refractivity contribution in [2.75, 3.05) is 19.8 Å². The van der Waals surface area contributed by atoms with Crippen molar-refractivity contribution in [3.05, 3.63) is 48.6 Å². The van der Waals surface area contributed by atoms with Crippen LogP contribution in [0.4, 0.5) is 0 Å². The van der Waals surface area contributed by atoms with E-state index >= 15 is 0 Å². The number of carboxylic acids is 1. The van der Waals surface area contributed by atoms with Gasteiger partial charge in [-0.1, -0.05) is 114 Å². The standard InChI is InChI=1S/C44H74NO13P/c1-3-5-7-8-9-10-11-12-13-14-15-16-17-18-23-27-42(49)55-32-36(33-56-59(53,54)57-34-39(45)44(51)52)58-43(50)28-24-20-19-22-26-37-38(41(48)31-40(37)47)30-29-35(46)25-21-6-4-2/h9-10,12-13,15-16,29-30,35-40,46-47H,3-8,11,14,17-28,31-34,45H2,1-2H3,(H,51,52)(H,53,54)/b10-9-,13-12-,16-15-,30-29+/t35-,36+,37+,38+,39-,40-/m0/s1. The lowest BCUT2D eigenvalue weighted by atomic mass is 9.88. The van der Waals surface area contributed by atoms with Gasteiger partial charge in [-0.2, -0.15) is 0 Å². The number of ether oxygens (including phenoxy) is 2. The van der Waals surface area contributed by atoms with Gasteiger partial charge in [-0.05, 0) is 70.1 Å². The van der Waals surface area contributed by atoms with Gasteiger partial charge in [0.1, 0.15) is 18.4 Å². The number of hydrogen-bond donors (Lipinski definition) is 5. The topological polar surface area (TPSA) is 229 Å². The molecule has 1 aliphatic carbocycles. The predicted molar refractivity (Wildman–Crippen MR) is 227 cm³/mol. The van der Waals surface area contributed by atoms with Gasteiger partial charge < -0.3 is 35.4 Å². The number of Topliss-reactive ketones (excluding diaryl/α,β-unsaturated/α-hetero) is 1. The Morgan fingerprint density at radius 2 is 1.37 bits per heavy atom. The summed E-state index contributed by atoms with van der Waals surface area (Å²) in [5.41, 5.74) is 5.32. The summed E-state index contributed by atoms with van der Waals surface area (Å²) in [7, 11) is -4.79. The summed E-state index contributed by atoms with van der Waals surface area (Å²) < 4.78 is 32.6. The third kappa shape index (κ3) is 28.2. The molecule has 0 aromatic carbocycles. The number of rotatable bonds is 36. The number of nitrogens with two attached hydrogens (primary N) is 1. The van der Waals surface area contributed by atoms with Gasteiger partial charge in [-0.25, -0.2) is 4.57 Å². The summed E-state index contributed by atoms with van der Waals surface area (Å²) in [6, 6.07) is -1.57. The Hall–Kier alpha value is -2.97. The molecule has 1 rings (SSSR count). The maximum absolute atomic E-state index is 12.7. The quantitative estimate of drug-likeness (QED) is 0.0174. The number of allylic oxidation sites excluding steroid dienone is 7. The Kier molecular flexibility index (Phi) is 30.9. The van der Waals surface area contributed by atoms with E-state index in [-0.39, 0.29) is 31.0 Å². The van der Waals surface area contributed by atoms with Crippen LogP contribution in [0, 0.1) is 11.8 Å². The molecule has 6 N–H and O–H groups in total. The van der Waals surface area contributed by atoms with E-state index in [4.69, 9.17) is 24.8 Å². The van der Waals surface area contributed by atoms with Crippen molar-refractivity contribution < 1.29 is 62.5 Å². The number of aliphatic hydroxyl groups is 2. The largest absolute Gasteiger partial charge is 0.480 e. The molecular formula is C44H74NO13P. The maximum Gasteiger partial charge on any atom is 0.472 e. The van der Waals surface area contributed by atoms with Gasteiger partial charge in [-0.15, -0.1) is 0 Å². The molecular weight excluding hydrogens is 781 g/mol. The first-order chi connectivity index (χ1) is 28.3. The van der Waals surface area contributed by atoms with Crippen LogP contribution in [0.3, 0.4) is 0 Å². The molecule has 0 aromatic rings. The molecule has 0 aromatic heterocycles. The van der Waals surface area contributed by atoms with E-state index in [1.807, 2.05) is 0 Å². The van der Waals surface area contributed by atoms with E-state index in [2.05, 4.69) is 54.8 Å². The fraction of sp³-hybridized carbons (Fsp3) is 0.727. The molecule has 14 nitrogen and oxygen atoms in total. The summed E-state index contributed by atoms with van der Waals surface area (Å²) in [4.78, 5) is 58.7.